The summed E-state index contributed by atoms with van der Waals surface area (Å²) in [5.41, 5.74) is 4.31. The lowest BCUT2D eigenvalue weighted by atomic mass is 10.00. The van der Waals surface area contributed by atoms with E-state index >= 15 is 0 Å². The molecule has 1 atom stereocenters. The fourth-order valence-electron chi connectivity index (χ4n) is 1.78. The lowest BCUT2D eigenvalue weighted by Crippen LogP contribution is -2.29. The molecular formula is C13H13BrFN3. The molecule has 0 aliphatic carbocycles. The van der Waals surface area contributed by atoms with Gasteiger partial charge >= 0.3 is 0 Å². The Bertz CT molecular complexity index is 519. The first-order valence-corrected chi connectivity index (χ1v) is 6.30. The number of halogens is 2. The smallest absolute Gasteiger partial charge is 0.127 e. The SMILES string of the molecule is NNC(Cc1ccc(Br)cc1F)c1ccncc1. The summed E-state index contributed by atoms with van der Waals surface area (Å²) in [7, 11) is 0. The average molecular weight is 310 g/mol. The molecule has 0 bridgehead atoms. The van der Waals surface area contributed by atoms with Crippen LogP contribution in [-0.2, 0) is 6.42 Å². The van der Waals surface area contributed by atoms with Gasteiger partial charge in [0.05, 0.1) is 6.04 Å². The van der Waals surface area contributed by atoms with E-state index in [0.717, 1.165) is 10.0 Å². The number of hydrogen-bond donors (Lipinski definition) is 2. The normalized spacial score (nSPS) is 12.4. The maximum atomic E-state index is 13.8. The Morgan fingerprint density at radius 1 is 1.28 bits per heavy atom. The summed E-state index contributed by atoms with van der Waals surface area (Å²) in [5, 5.41) is 0. The van der Waals surface area contributed by atoms with Gasteiger partial charge in [0.2, 0.25) is 0 Å². The van der Waals surface area contributed by atoms with Crippen LogP contribution in [0.4, 0.5) is 4.39 Å². The van der Waals surface area contributed by atoms with E-state index in [9.17, 15) is 4.39 Å². The van der Waals surface area contributed by atoms with Crippen LogP contribution in [0.1, 0.15) is 17.2 Å². The first-order valence-electron chi connectivity index (χ1n) is 5.50. The number of nitrogens with one attached hydrogen (secondary N) is 1. The summed E-state index contributed by atoms with van der Waals surface area (Å²) < 4.78 is 14.5. The highest BCUT2D eigenvalue weighted by atomic mass is 79.9. The van der Waals surface area contributed by atoms with Gasteiger partial charge in [0, 0.05) is 16.9 Å². The minimum absolute atomic E-state index is 0.135. The number of nitrogens with zero attached hydrogens (tertiary/aromatic N) is 1. The molecule has 0 spiro atoms. The van der Waals surface area contributed by atoms with Crippen LogP contribution < -0.4 is 11.3 Å². The van der Waals surface area contributed by atoms with Crippen molar-refractivity contribution in [3.05, 3.63) is 64.1 Å². The zero-order chi connectivity index (χ0) is 13.0. The number of pyridine rings is 1. The molecule has 18 heavy (non-hydrogen) atoms. The first kappa shape index (κ1) is 13.1. The molecule has 5 heteroatoms. The predicted octanol–water partition coefficient (Wildman–Crippen LogP) is 2.73. The molecule has 2 rings (SSSR count). The van der Waals surface area contributed by atoms with Crippen LogP contribution in [0.15, 0.2) is 47.2 Å². The molecule has 1 heterocycles. The van der Waals surface area contributed by atoms with Crippen LogP contribution in [-0.4, -0.2) is 4.98 Å². The molecule has 3 N–H and O–H groups in total. The summed E-state index contributed by atoms with van der Waals surface area (Å²) in [4.78, 5) is 3.95. The highest BCUT2D eigenvalue weighted by Gasteiger charge is 2.13. The molecule has 0 saturated heterocycles. The molecule has 0 aliphatic rings. The Hall–Kier alpha value is -1.30. The fraction of sp³-hybridized carbons (Fsp3) is 0.154. The van der Waals surface area contributed by atoms with Crippen LogP contribution >= 0.6 is 15.9 Å². The molecule has 94 valence electrons. The van der Waals surface area contributed by atoms with Gasteiger partial charge in [0.1, 0.15) is 5.82 Å². The molecule has 0 aliphatic heterocycles. The summed E-state index contributed by atoms with van der Waals surface area (Å²) >= 11 is 3.24. The Labute approximate surface area is 113 Å². The summed E-state index contributed by atoms with van der Waals surface area (Å²) in [6.07, 6.45) is 3.87. The van der Waals surface area contributed by atoms with Gasteiger partial charge in [-0.25, -0.2) is 4.39 Å². The Morgan fingerprint density at radius 2 is 2.00 bits per heavy atom. The number of hydrogen-bond acceptors (Lipinski definition) is 3. The van der Waals surface area contributed by atoms with Crippen molar-refractivity contribution in [1.29, 1.82) is 0 Å². The summed E-state index contributed by atoms with van der Waals surface area (Å²) in [6, 6.07) is 8.62. The first-order chi connectivity index (χ1) is 8.70. The van der Waals surface area contributed by atoms with E-state index in [1.807, 2.05) is 18.2 Å². The van der Waals surface area contributed by atoms with Crippen molar-refractivity contribution in [1.82, 2.24) is 10.4 Å². The average Bonchev–Trinajstić information content (AvgIpc) is 2.39. The number of benzene rings is 1. The van der Waals surface area contributed by atoms with E-state index in [0.29, 0.717) is 12.0 Å². The van der Waals surface area contributed by atoms with Crippen LogP contribution in [0, 0.1) is 5.82 Å². The molecule has 0 fully saturated rings. The van der Waals surface area contributed by atoms with E-state index < -0.39 is 0 Å². The van der Waals surface area contributed by atoms with E-state index in [1.54, 1.807) is 18.5 Å². The lowest BCUT2D eigenvalue weighted by Gasteiger charge is -2.16. The highest BCUT2D eigenvalue weighted by Crippen LogP contribution is 2.21. The second-order valence-electron chi connectivity index (χ2n) is 3.94. The Kier molecular flexibility index (Phi) is 4.41. The maximum Gasteiger partial charge on any atom is 0.127 e. The standard InChI is InChI=1S/C13H13BrFN3/c14-11-2-1-10(12(15)8-11)7-13(18-16)9-3-5-17-6-4-9/h1-6,8,13,18H,7,16H2. The lowest BCUT2D eigenvalue weighted by molar-refractivity contribution is 0.528. The van der Waals surface area contributed by atoms with E-state index in [4.69, 9.17) is 5.84 Å². The molecule has 3 nitrogen and oxygen atoms in total. The van der Waals surface area contributed by atoms with Gasteiger partial charge in [-0.1, -0.05) is 22.0 Å². The molecule has 1 unspecified atom stereocenters. The molecule has 2 aromatic rings. The molecular weight excluding hydrogens is 297 g/mol. The third-order valence-corrected chi connectivity index (χ3v) is 3.24. The van der Waals surface area contributed by atoms with Crippen LogP contribution in [0.3, 0.4) is 0 Å². The van der Waals surface area contributed by atoms with Crippen molar-refractivity contribution in [2.24, 2.45) is 5.84 Å². The third-order valence-electron chi connectivity index (χ3n) is 2.75. The topological polar surface area (TPSA) is 50.9 Å². The zero-order valence-corrected chi connectivity index (χ0v) is 11.2. The van der Waals surface area contributed by atoms with E-state index in [1.165, 1.54) is 6.07 Å². The van der Waals surface area contributed by atoms with Gasteiger partial charge in [-0.2, -0.15) is 0 Å². The van der Waals surface area contributed by atoms with Gasteiger partial charge in [-0.3, -0.25) is 16.3 Å². The monoisotopic (exact) mass is 309 g/mol. The number of rotatable bonds is 4. The maximum absolute atomic E-state index is 13.8. The van der Waals surface area contributed by atoms with Gasteiger partial charge in [-0.05, 0) is 41.8 Å². The fourth-order valence-corrected chi connectivity index (χ4v) is 2.11. The second kappa shape index (κ2) is 6.04. The minimum atomic E-state index is -0.237. The second-order valence-corrected chi connectivity index (χ2v) is 4.86. The van der Waals surface area contributed by atoms with Crippen molar-refractivity contribution in [2.75, 3.05) is 0 Å². The molecule has 0 radical (unpaired) electrons. The van der Waals surface area contributed by atoms with Gasteiger partial charge in [0.25, 0.3) is 0 Å². The minimum Gasteiger partial charge on any atom is -0.271 e. The van der Waals surface area contributed by atoms with Crippen LogP contribution in [0.25, 0.3) is 0 Å². The number of aromatic nitrogens is 1. The van der Waals surface area contributed by atoms with Crippen LogP contribution in [0.2, 0.25) is 0 Å². The quantitative estimate of drug-likeness (QED) is 0.674. The Morgan fingerprint density at radius 3 is 2.61 bits per heavy atom. The molecule has 1 aromatic heterocycles. The summed E-state index contributed by atoms with van der Waals surface area (Å²) in [5.74, 6) is 5.29. The zero-order valence-electron chi connectivity index (χ0n) is 9.61. The molecule has 1 aromatic carbocycles. The van der Waals surface area contributed by atoms with Crippen molar-refractivity contribution < 1.29 is 4.39 Å². The van der Waals surface area contributed by atoms with E-state index in [2.05, 4.69) is 26.3 Å². The van der Waals surface area contributed by atoms with Gasteiger partial charge in [0.15, 0.2) is 0 Å². The van der Waals surface area contributed by atoms with Crippen molar-refractivity contribution >= 4 is 15.9 Å². The molecule has 0 amide bonds. The van der Waals surface area contributed by atoms with Crippen molar-refractivity contribution in [2.45, 2.75) is 12.5 Å². The number of hydrazine groups is 1. The summed E-state index contributed by atoms with van der Waals surface area (Å²) in [6.45, 7) is 0. The Balaban J connectivity index is 2.21. The van der Waals surface area contributed by atoms with Crippen molar-refractivity contribution in [3.8, 4) is 0 Å². The third kappa shape index (κ3) is 3.13. The largest absolute Gasteiger partial charge is 0.271 e. The predicted molar refractivity (Wildman–Crippen MR) is 72.1 cm³/mol. The molecule has 0 saturated carbocycles. The van der Waals surface area contributed by atoms with Crippen molar-refractivity contribution in [3.63, 3.8) is 0 Å². The highest BCUT2D eigenvalue weighted by molar-refractivity contribution is 9.10. The van der Waals surface area contributed by atoms with Crippen LogP contribution in [0.5, 0.6) is 0 Å². The van der Waals surface area contributed by atoms with Gasteiger partial charge < -0.3 is 0 Å². The van der Waals surface area contributed by atoms with Gasteiger partial charge in [-0.15, -0.1) is 0 Å². The number of nitrogens with two attached hydrogens (primary N) is 1. The van der Waals surface area contributed by atoms with E-state index in [-0.39, 0.29) is 11.9 Å².